The molecule has 8 nitrogen and oxygen atoms in total. The maximum absolute atomic E-state index is 13.2. The fourth-order valence-corrected chi connectivity index (χ4v) is 5.05. The van der Waals surface area contributed by atoms with Gasteiger partial charge in [-0.15, -0.1) is 0 Å². The number of pyridine rings is 2. The summed E-state index contributed by atoms with van der Waals surface area (Å²) in [6.07, 6.45) is 3.23. The molecule has 1 saturated heterocycles. The monoisotopic (exact) mass is 533 g/mol. The standard InChI is InChI=1S/C27H24ClN5O3S/c1-36-23-16-19(7-9-21(23)31-37-24-6-2-4-18-5-3-11-29-25(18)24)26(34)32-12-14-33(15-13-32)27(35)22-10-8-20(28)17-30-22/h2-11,16-17,31H,12-15H2,1H3. The minimum absolute atomic E-state index is 0.104. The van der Waals surface area contributed by atoms with E-state index >= 15 is 0 Å². The second kappa shape index (κ2) is 11.1. The SMILES string of the molecule is COc1cc(C(=O)N2CCN(C(=O)c3ccc(Cl)cn3)CC2)ccc1NSc1cccc2cccnc12. The number of carbonyl (C=O) groups is 2. The average molecular weight is 534 g/mol. The van der Waals surface area contributed by atoms with Crippen LogP contribution in [0.2, 0.25) is 5.02 Å². The van der Waals surface area contributed by atoms with Crippen LogP contribution in [0.1, 0.15) is 20.8 Å². The number of rotatable bonds is 6. The Balaban J connectivity index is 1.23. The number of carbonyl (C=O) groups excluding carboxylic acids is 2. The molecule has 0 unspecified atom stereocenters. The second-order valence-corrected chi connectivity index (χ2v) is 9.68. The molecule has 10 heteroatoms. The Hall–Kier alpha value is -3.82. The first kappa shape index (κ1) is 24.9. The number of nitrogens with one attached hydrogen (secondary N) is 1. The number of aromatic nitrogens is 2. The highest BCUT2D eigenvalue weighted by Crippen LogP contribution is 2.33. The van der Waals surface area contributed by atoms with Crippen molar-refractivity contribution in [2.45, 2.75) is 4.90 Å². The number of ether oxygens (including phenoxy) is 1. The van der Waals surface area contributed by atoms with Gasteiger partial charge in [-0.1, -0.05) is 29.8 Å². The van der Waals surface area contributed by atoms with Gasteiger partial charge in [-0.2, -0.15) is 0 Å². The first-order valence-electron chi connectivity index (χ1n) is 11.7. The summed E-state index contributed by atoms with van der Waals surface area (Å²) in [5.41, 5.74) is 2.54. The molecule has 0 spiro atoms. The van der Waals surface area contributed by atoms with Gasteiger partial charge in [0.25, 0.3) is 11.8 Å². The number of para-hydroxylation sites is 1. The van der Waals surface area contributed by atoms with Crippen LogP contribution in [0.3, 0.4) is 0 Å². The molecule has 1 aliphatic rings. The molecule has 3 heterocycles. The number of piperazine rings is 1. The van der Waals surface area contributed by atoms with Crippen LogP contribution in [0.4, 0.5) is 5.69 Å². The number of methoxy groups -OCH3 is 1. The van der Waals surface area contributed by atoms with Crippen molar-refractivity contribution in [2.75, 3.05) is 38.0 Å². The summed E-state index contributed by atoms with van der Waals surface area (Å²) in [5, 5.41) is 1.54. The van der Waals surface area contributed by atoms with E-state index < -0.39 is 0 Å². The molecular weight excluding hydrogens is 510 g/mol. The van der Waals surface area contributed by atoms with E-state index in [-0.39, 0.29) is 11.8 Å². The van der Waals surface area contributed by atoms with E-state index in [1.807, 2.05) is 36.4 Å². The first-order chi connectivity index (χ1) is 18.0. The molecule has 1 N–H and O–H groups in total. The number of benzene rings is 2. The van der Waals surface area contributed by atoms with Gasteiger partial charge in [-0.3, -0.25) is 14.6 Å². The number of hydrogen-bond donors (Lipinski definition) is 1. The van der Waals surface area contributed by atoms with E-state index in [2.05, 4.69) is 14.7 Å². The number of amides is 2. The van der Waals surface area contributed by atoms with Crippen molar-refractivity contribution in [1.82, 2.24) is 19.8 Å². The van der Waals surface area contributed by atoms with Crippen LogP contribution < -0.4 is 9.46 Å². The summed E-state index contributed by atoms with van der Waals surface area (Å²) in [6, 6.07) is 18.6. The van der Waals surface area contributed by atoms with Crippen LogP contribution in [-0.4, -0.2) is 64.9 Å². The minimum Gasteiger partial charge on any atom is -0.495 e. The molecule has 188 valence electrons. The molecule has 1 aliphatic heterocycles. The summed E-state index contributed by atoms with van der Waals surface area (Å²) in [5.74, 6) is 0.293. The average Bonchev–Trinajstić information content (AvgIpc) is 2.95. The van der Waals surface area contributed by atoms with Crippen molar-refractivity contribution >= 4 is 52.0 Å². The Kier molecular flexibility index (Phi) is 7.43. The number of hydrogen-bond acceptors (Lipinski definition) is 7. The maximum Gasteiger partial charge on any atom is 0.272 e. The van der Waals surface area contributed by atoms with Crippen molar-refractivity contribution in [3.63, 3.8) is 0 Å². The molecule has 0 saturated carbocycles. The number of anilines is 1. The zero-order valence-corrected chi connectivity index (χ0v) is 21.6. The number of fused-ring (bicyclic) bond motifs is 1. The number of halogens is 1. The molecular formula is C27H24ClN5O3S. The van der Waals surface area contributed by atoms with Crippen molar-refractivity contribution in [3.8, 4) is 5.75 Å². The van der Waals surface area contributed by atoms with Gasteiger partial charge >= 0.3 is 0 Å². The van der Waals surface area contributed by atoms with E-state index in [9.17, 15) is 9.59 Å². The molecule has 0 radical (unpaired) electrons. The lowest BCUT2D eigenvalue weighted by atomic mass is 10.1. The minimum atomic E-state index is -0.167. The normalized spacial score (nSPS) is 13.5. The lowest BCUT2D eigenvalue weighted by Gasteiger charge is -2.34. The Labute approximate surface area is 223 Å². The number of nitrogens with zero attached hydrogens (tertiary/aromatic N) is 4. The molecule has 2 aromatic carbocycles. The van der Waals surface area contributed by atoms with Crippen molar-refractivity contribution in [1.29, 1.82) is 0 Å². The third kappa shape index (κ3) is 5.47. The van der Waals surface area contributed by atoms with Gasteiger partial charge in [0.1, 0.15) is 11.4 Å². The van der Waals surface area contributed by atoms with Gasteiger partial charge in [0.05, 0.1) is 28.2 Å². The molecule has 37 heavy (non-hydrogen) atoms. The topological polar surface area (TPSA) is 87.7 Å². The molecule has 0 bridgehead atoms. The fraction of sp³-hybridized carbons (Fsp3) is 0.185. The summed E-state index contributed by atoms with van der Waals surface area (Å²) in [6.45, 7) is 1.73. The molecule has 5 rings (SSSR count). The highest BCUT2D eigenvalue weighted by molar-refractivity contribution is 8.00. The van der Waals surface area contributed by atoms with Crippen molar-refractivity contribution in [3.05, 3.63) is 89.3 Å². The Bertz CT molecular complexity index is 1440. The smallest absolute Gasteiger partial charge is 0.272 e. The van der Waals surface area contributed by atoms with Crippen LogP contribution in [0.25, 0.3) is 10.9 Å². The van der Waals surface area contributed by atoms with E-state index in [4.69, 9.17) is 16.3 Å². The molecule has 0 atom stereocenters. The zero-order valence-electron chi connectivity index (χ0n) is 20.1. The maximum atomic E-state index is 13.2. The second-order valence-electron chi connectivity index (χ2n) is 8.40. The van der Waals surface area contributed by atoms with Crippen LogP contribution in [-0.2, 0) is 0 Å². The fourth-order valence-electron chi connectivity index (χ4n) is 4.14. The predicted molar refractivity (Wildman–Crippen MR) is 145 cm³/mol. The summed E-state index contributed by atoms with van der Waals surface area (Å²) >= 11 is 7.30. The lowest BCUT2D eigenvalue weighted by Crippen LogP contribution is -2.50. The van der Waals surface area contributed by atoms with E-state index in [1.54, 1.807) is 47.4 Å². The van der Waals surface area contributed by atoms with Gasteiger partial charge < -0.3 is 19.3 Å². The Morgan fingerprint density at radius 3 is 2.43 bits per heavy atom. The van der Waals surface area contributed by atoms with Crippen LogP contribution in [0.15, 0.2) is 78.0 Å². The Morgan fingerprint density at radius 1 is 0.946 bits per heavy atom. The van der Waals surface area contributed by atoms with Crippen molar-refractivity contribution < 1.29 is 14.3 Å². The summed E-state index contributed by atoms with van der Waals surface area (Å²) < 4.78 is 8.90. The van der Waals surface area contributed by atoms with Gasteiger partial charge in [0.15, 0.2) is 0 Å². The highest BCUT2D eigenvalue weighted by Gasteiger charge is 2.26. The van der Waals surface area contributed by atoms with Crippen LogP contribution in [0, 0.1) is 0 Å². The van der Waals surface area contributed by atoms with Crippen LogP contribution in [0.5, 0.6) is 5.75 Å². The molecule has 4 aromatic rings. The molecule has 1 fully saturated rings. The lowest BCUT2D eigenvalue weighted by molar-refractivity contribution is 0.0532. The summed E-state index contributed by atoms with van der Waals surface area (Å²) in [4.78, 5) is 38.9. The molecule has 2 aromatic heterocycles. The summed E-state index contributed by atoms with van der Waals surface area (Å²) in [7, 11) is 1.58. The van der Waals surface area contributed by atoms with E-state index in [0.717, 1.165) is 21.5 Å². The van der Waals surface area contributed by atoms with E-state index in [0.29, 0.717) is 48.2 Å². The van der Waals surface area contributed by atoms with Gasteiger partial charge in [-0.05, 0) is 54.4 Å². The predicted octanol–water partition coefficient (Wildman–Crippen LogP) is 5.01. The third-order valence-corrected chi connectivity index (χ3v) is 7.21. The first-order valence-corrected chi connectivity index (χ1v) is 12.9. The van der Waals surface area contributed by atoms with Gasteiger partial charge in [-0.25, -0.2) is 4.98 Å². The van der Waals surface area contributed by atoms with Gasteiger partial charge in [0, 0.05) is 49.5 Å². The third-order valence-electron chi connectivity index (χ3n) is 6.12. The van der Waals surface area contributed by atoms with Crippen LogP contribution >= 0.6 is 23.5 Å². The van der Waals surface area contributed by atoms with Crippen molar-refractivity contribution in [2.24, 2.45) is 0 Å². The zero-order chi connectivity index (χ0) is 25.8. The largest absolute Gasteiger partial charge is 0.495 e. The highest BCUT2D eigenvalue weighted by atomic mass is 35.5. The molecule has 0 aliphatic carbocycles. The van der Waals surface area contributed by atoms with E-state index in [1.165, 1.54) is 18.1 Å². The van der Waals surface area contributed by atoms with Gasteiger partial charge in [0.2, 0.25) is 0 Å². The Morgan fingerprint density at radius 2 is 1.70 bits per heavy atom. The molecule has 2 amide bonds. The quantitative estimate of drug-likeness (QED) is 0.349.